The van der Waals surface area contributed by atoms with Gasteiger partial charge in [0.25, 0.3) is 21.5 Å². The Balaban J connectivity index is 2.09. The molecule has 3 rings (SSSR count). The van der Waals surface area contributed by atoms with Crippen LogP contribution >= 0.6 is 24.4 Å². The summed E-state index contributed by atoms with van der Waals surface area (Å²) in [5, 5.41) is 12.8. The molecular formula is C9H5N5O2S2. The van der Waals surface area contributed by atoms with Crippen LogP contribution in [0.25, 0.3) is 23.2 Å². The van der Waals surface area contributed by atoms with Crippen LogP contribution in [0.2, 0.25) is 0 Å². The minimum atomic E-state index is 0.189. The van der Waals surface area contributed by atoms with Crippen LogP contribution in [0.15, 0.2) is 27.0 Å². The lowest BCUT2D eigenvalue weighted by molar-refractivity contribution is 0.546. The zero-order valence-electron chi connectivity index (χ0n) is 8.71. The van der Waals surface area contributed by atoms with Gasteiger partial charge in [-0.3, -0.25) is 0 Å². The summed E-state index contributed by atoms with van der Waals surface area (Å²) in [5.41, 5.74) is 1.04. The third-order valence-electron chi connectivity index (χ3n) is 2.06. The molecule has 0 fully saturated rings. The monoisotopic (exact) mass is 279 g/mol. The summed E-state index contributed by atoms with van der Waals surface area (Å²) in [4.78, 5) is 4.67. The van der Waals surface area contributed by atoms with Crippen LogP contribution in [0.4, 0.5) is 0 Å². The van der Waals surface area contributed by atoms with Gasteiger partial charge in [0.05, 0.1) is 0 Å². The molecule has 0 aromatic carbocycles. The van der Waals surface area contributed by atoms with Crippen molar-refractivity contribution in [1.82, 2.24) is 25.4 Å². The van der Waals surface area contributed by atoms with Crippen LogP contribution < -0.4 is 0 Å². The normalized spacial score (nSPS) is 10.7. The number of hydrogen-bond donors (Lipinski definition) is 2. The lowest BCUT2D eigenvalue weighted by Gasteiger charge is -1.96. The molecule has 0 aliphatic heterocycles. The first-order valence-corrected chi connectivity index (χ1v) is 5.63. The number of aromatic amines is 2. The average Bonchev–Trinajstić information content (AvgIpc) is 2.98. The molecule has 7 nitrogen and oxygen atoms in total. The summed E-state index contributed by atoms with van der Waals surface area (Å²) in [7, 11) is 0. The first kappa shape index (κ1) is 11.0. The molecule has 3 aromatic rings. The minimum absolute atomic E-state index is 0.189. The van der Waals surface area contributed by atoms with Crippen LogP contribution in [0.5, 0.6) is 0 Å². The van der Waals surface area contributed by atoms with Crippen molar-refractivity contribution in [2.45, 2.75) is 0 Å². The number of H-pyrrole nitrogens is 2. The topological polar surface area (TPSA) is 96.5 Å². The van der Waals surface area contributed by atoms with Gasteiger partial charge in [-0.15, -0.1) is 10.2 Å². The highest BCUT2D eigenvalue weighted by atomic mass is 32.1. The predicted molar refractivity (Wildman–Crippen MR) is 65.6 cm³/mol. The minimum Gasteiger partial charge on any atom is -0.408 e. The Morgan fingerprint density at radius 3 is 1.78 bits per heavy atom. The maximum atomic E-state index is 5.17. The first-order chi connectivity index (χ1) is 8.72. The Morgan fingerprint density at radius 2 is 1.39 bits per heavy atom. The van der Waals surface area contributed by atoms with Gasteiger partial charge in [-0.1, -0.05) is 6.07 Å². The van der Waals surface area contributed by atoms with Gasteiger partial charge in [0.15, 0.2) is 0 Å². The summed E-state index contributed by atoms with van der Waals surface area (Å²) < 4.78 is 10.3. The van der Waals surface area contributed by atoms with Crippen molar-refractivity contribution in [2.24, 2.45) is 0 Å². The lowest BCUT2D eigenvalue weighted by Crippen LogP contribution is -1.88. The maximum absolute atomic E-state index is 5.17. The van der Waals surface area contributed by atoms with E-state index in [2.05, 4.69) is 25.4 Å². The van der Waals surface area contributed by atoms with Crippen molar-refractivity contribution in [3.63, 3.8) is 0 Å². The van der Waals surface area contributed by atoms with Crippen LogP contribution in [0, 0.1) is 9.67 Å². The molecule has 0 saturated carbocycles. The average molecular weight is 279 g/mol. The SMILES string of the molecule is S=c1[nH]nc(-c2cccc(-c3n[nH]c(=S)o3)n2)o1. The molecule has 0 radical (unpaired) electrons. The molecule has 0 atom stereocenters. The van der Waals surface area contributed by atoms with E-state index in [0.29, 0.717) is 23.2 Å². The molecule has 3 aromatic heterocycles. The Morgan fingerprint density at radius 1 is 0.889 bits per heavy atom. The molecule has 0 aliphatic carbocycles. The second-order valence-electron chi connectivity index (χ2n) is 3.24. The lowest BCUT2D eigenvalue weighted by atomic mass is 10.3. The summed E-state index contributed by atoms with van der Waals surface area (Å²) in [6.45, 7) is 0. The van der Waals surface area contributed by atoms with Gasteiger partial charge in [0.2, 0.25) is 0 Å². The highest BCUT2D eigenvalue weighted by Crippen LogP contribution is 2.19. The predicted octanol–water partition coefficient (Wildman–Crippen LogP) is 2.51. The van der Waals surface area contributed by atoms with E-state index in [0.717, 1.165) is 0 Å². The highest BCUT2D eigenvalue weighted by molar-refractivity contribution is 7.71. The summed E-state index contributed by atoms with van der Waals surface area (Å²) >= 11 is 9.60. The zero-order valence-corrected chi connectivity index (χ0v) is 10.3. The van der Waals surface area contributed by atoms with Gasteiger partial charge in [0, 0.05) is 0 Å². The molecule has 0 aliphatic rings. The van der Waals surface area contributed by atoms with E-state index < -0.39 is 0 Å². The van der Waals surface area contributed by atoms with E-state index in [1.807, 2.05) is 0 Å². The van der Waals surface area contributed by atoms with Crippen molar-refractivity contribution in [3.05, 3.63) is 27.9 Å². The molecule has 2 N–H and O–H groups in total. The van der Waals surface area contributed by atoms with E-state index in [4.69, 9.17) is 33.3 Å². The summed E-state index contributed by atoms with van der Waals surface area (Å²) in [6, 6.07) is 5.25. The summed E-state index contributed by atoms with van der Waals surface area (Å²) in [6.07, 6.45) is 0. The number of pyridine rings is 1. The van der Waals surface area contributed by atoms with E-state index in [-0.39, 0.29) is 9.67 Å². The molecule has 90 valence electrons. The van der Waals surface area contributed by atoms with Crippen LogP contribution in [-0.4, -0.2) is 25.4 Å². The Bertz CT molecular complexity index is 736. The number of rotatable bonds is 2. The van der Waals surface area contributed by atoms with Gasteiger partial charge in [-0.2, -0.15) is 0 Å². The first-order valence-electron chi connectivity index (χ1n) is 4.81. The molecule has 0 saturated heterocycles. The molecule has 0 amide bonds. The third-order valence-corrected chi connectivity index (χ3v) is 2.41. The van der Waals surface area contributed by atoms with Crippen LogP contribution in [0.3, 0.4) is 0 Å². The molecule has 0 spiro atoms. The molecular weight excluding hydrogens is 274 g/mol. The maximum Gasteiger partial charge on any atom is 0.284 e. The number of hydrogen-bond acceptors (Lipinski definition) is 7. The molecule has 0 unspecified atom stereocenters. The van der Waals surface area contributed by atoms with E-state index in [1.165, 1.54) is 0 Å². The van der Waals surface area contributed by atoms with Gasteiger partial charge < -0.3 is 8.83 Å². The zero-order chi connectivity index (χ0) is 12.5. The Hall–Kier alpha value is -2.13. The van der Waals surface area contributed by atoms with Crippen molar-refractivity contribution in [1.29, 1.82) is 0 Å². The van der Waals surface area contributed by atoms with Crippen molar-refractivity contribution >= 4 is 24.4 Å². The van der Waals surface area contributed by atoms with Gasteiger partial charge in [0.1, 0.15) is 11.4 Å². The second kappa shape index (κ2) is 4.27. The Kier molecular flexibility index (Phi) is 2.61. The largest absolute Gasteiger partial charge is 0.408 e. The number of nitrogens with zero attached hydrogens (tertiary/aromatic N) is 3. The van der Waals surface area contributed by atoms with Gasteiger partial charge >= 0.3 is 0 Å². The number of aromatic nitrogens is 5. The molecule has 9 heteroatoms. The quantitative estimate of drug-likeness (QED) is 0.695. The second-order valence-corrected chi connectivity index (χ2v) is 3.99. The van der Waals surface area contributed by atoms with Crippen LogP contribution in [0.1, 0.15) is 0 Å². The van der Waals surface area contributed by atoms with E-state index in [9.17, 15) is 0 Å². The van der Waals surface area contributed by atoms with E-state index in [1.54, 1.807) is 18.2 Å². The molecule has 0 bridgehead atoms. The van der Waals surface area contributed by atoms with Crippen LogP contribution in [-0.2, 0) is 0 Å². The smallest absolute Gasteiger partial charge is 0.284 e. The fraction of sp³-hybridized carbons (Fsp3) is 0. The van der Waals surface area contributed by atoms with Crippen molar-refractivity contribution in [3.8, 4) is 23.2 Å². The van der Waals surface area contributed by atoms with Gasteiger partial charge in [-0.25, -0.2) is 15.2 Å². The standard InChI is InChI=1S/C9H5N5O2S2/c17-8-13-11-6(15-8)4-2-1-3-5(10-4)7-12-14-9(18)16-7/h1-3H,(H,13,17)(H,14,18). The van der Waals surface area contributed by atoms with Gasteiger partial charge in [-0.05, 0) is 36.6 Å². The molecule has 3 heterocycles. The molecule has 18 heavy (non-hydrogen) atoms. The Labute approximate surface area is 110 Å². The summed E-state index contributed by atoms with van der Waals surface area (Å²) in [5.74, 6) is 0.604. The third kappa shape index (κ3) is 2.00. The number of nitrogens with one attached hydrogen (secondary N) is 2. The highest BCUT2D eigenvalue weighted by Gasteiger charge is 2.10. The van der Waals surface area contributed by atoms with Crippen molar-refractivity contribution < 1.29 is 8.83 Å². The fourth-order valence-corrected chi connectivity index (χ4v) is 1.60. The van der Waals surface area contributed by atoms with E-state index >= 15 is 0 Å². The van der Waals surface area contributed by atoms with Crippen molar-refractivity contribution in [2.75, 3.05) is 0 Å². The fourth-order valence-electron chi connectivity index (χ4n) is 1.35.